The molecule has 0 aromatic heterocycles. The molecular weight excluding hydrogens is 276 g/mol. The SMILES string of the molecule is CCNC(=NCC1CCN(C)C1)N1CC2C3CCC(O3)C2C1. The highest BCUT2D eigenvalue weighted by atomic mass is 16.5. The zero-order valence-electron chi connectivity index (χ0n) is 14.0. The van der Waals surface area contributed by atoms with Crippen LogP contribution in [0.1, 0.15) is 26.2 Å². The first-order valence-electron chi connectivity index (χ1n) is 9.12. The predicted molar refractivity (Wildman–Crippen MR) is 88.0 cm³/mol. The first-order chi connectivity index (χ1) is 10.7. The van der Waals surface area contributed by atoms with Gasteiger partial charge < -0.3 is 19.9 Å². The molecule has 0 saturated carbocycles. The van der Waals surface area contributed by atoms with Crippen molar-refractivity contribution in [2.24, 2.45) is 22.7 Å². The van der Waals surface area contributed by atoms with Crippen LogP contribution in [0, 0.1) is 17.8 Å². The fraction of sp³-hybridized carbons (Fsp3) is 0.941. The molecule has 4 aliphatic rings. The van der Waals surface area contributed by atoms with Gasteiger partial charge in [-0.15, -0.1) is 0 Å². The lowest BCUT2D eigenvalue weighted by molar-refractivity contribution is 0.0767. The van der Waals surface area contributed by atoms with Gasteiger partial charge in [-0.05, 0) is 45.7 Å². The Labute approximate surface area is 134 Å². The summed E-state index contributed by atoms with van der Waals surface area (Å²) in [5.41, 5.74) is 0. The Bertz CT molecular complexity index is 422. The molecule has 5 nitrogen and oxygen atoms in total. The van der Waals surface area contributed by atoms with Crippen molar-refractivity contribution in [3.63, 3.8) is 0 Å². The molecule has 0 amide bonds. The zero-order valence-corrected chi connectivity index (χ0v) is 14.0. The van der Waals surface area contributed by atoms with Gasteiger partial charge in [0.15, 0.2) is 5.96 Å². The summed E-state index contributed by atoms with van der Waals surface area (Å²) in [6.07, 6.45) is 4.92. The molecule has 2 bridgehead atoms. The second-order valence-corrected chi connectivity index (χ2v) is 7.63. The van der Waals surface area contributed by atoms with Crippen LogP contribution < -0.4 is 5.32 Å². The number of hydrogen-bond acceptors (Lipinski definition) is 3. The standard InChI is InChI=1S/C17H30N4O/c1-3-18-17(19-8-12-6-7-20(2)9-12)21-10-13-14(11-21)16-5-4-15(13)22-16/h12-16H,3-11H2,1-2H3,(H,18,19). The van der Waals surface area contributed by atoms with E-state index in [1.165, 1.54) is 32.4 Å². The zero-order chi connectivity index (χ0) is 15.1. The second kappa shape index (κ2) is 6.00. The van der Waals surface area contributed by atoms with Gasteiger partial charge in [-0.3, -0.25) is 4.99 Å². The molecule has 4 saturated heterocycles. The lowest BCUT2D eigenvalue weighted by atomic mass is 9.82. The minimum atomic E-state index is 0.534. The number of guanidine groups is 1. The number of fused-ring (bicyclic) bond motifs is 5. The molecule has 5 heteroatoms. The van der Waals surface area contributed by atoms with Crippen molar-refractivity contribution in [2.75, 3.05) is 46.3 Å². The van der Waals surface area contributed by atoms with E-state index in [1.807, 2.05) is 0 Å². The third-order valence-corrected chi connectivity index (χ3v) is 6.08. The Hall–Kier alpha value is -0.810. The highest BCUT2D eigenvalue weighted by Gasteiger charge is 2.53. The maximum Gasteiger partial charge on any atom is 0.193 e. The van der Waals surface area contributed by atoms with Crippen molar-refractivity contribution < 1.29 is 4.74 Å². The molecule has 4 fully saturated rings. The van der Waals surface area contributed by atoms with Gasteiger partial charge in [0.05, 0.1) is 12.2 Å². The van der Waals surface area contributed by atoms with E-state index in [0.29, 0.717) is 12.2 Å². The van der Waals surface area contributed by atoms with E-state index in [4.69, 9.17) is 9.73 Å². The number of aliphatic imine (C=N–C) groups is 1. The summed E-state index contributed by atoms with van der Waals surface area (Å²) in [6, 6.07) is 0. The Morgan fingerprint density at radius 2 is 1.86 bits per heavy atom. The van der Waals surface area contributed by atoms with Crippen molar-refractivity contribution in [2.45, 2.75) is 38.4 Å². The van der Waals surface area contributed by atoms with Crippen LogP contribution in [-0.2, 0) is 4.74 Å². The summed E-state index contributed by atoms with van der Waals surface area (Å²) in [5, 5.41) is 3.52. The molecule has 4 heterocycles. The lowest BCUT2D eigenvalue weighted by Gasteiger charge is -2.24. The van der Waals surface area contributed by atoms with Gasteiger partial charge in [-0.1, -0.05) is 0 Å². The first kappa shape index (κ1) is 14.8. The van der Waals surface area contributed by atoms with Gasteiger partial charge in [0.1, 0.15) is 0 Å². The molecule has 5 unspecified atom stereocenters. The van der Waals surface area contributed by atoms with Crippen LogP contribution in [0.3, 0.4) is 0 Å². The Balaban J connectivity index is 1.39. The summed E-state index contributed by atoms with van der Waals surface area (Å²) < 4.78 is 6.09. The predicted octanol–water partition coefficient (Wildman–Crippen LogP) is 1.01. The topological polar surface area (TPSA) is 40.1 Å². The maximum absolute atomic E-state index is 6.09. The third-order valence-electron chi connectivity index (χ3n) is 6.08. The lowest BCUT2D eigenvalue weighted by Crippen LogP contribution is -2.41. The van der Waals surface area contributed by atoms with Gasteiger partial charge in [-0.25, -0.2) is 0 Å². The molecule has 4 rings (SSSR count). The number of rotatable bonds is 3. The van der Waals surface area contributed by atoms with E-state index in [9.17, 15) is 0 Å². The molecule has 22 heavy (non-hydrogen) atoms. The second-order valence-electron chi connectivity index (χ2n) is 7.63. The van der Waals surface area contributed by atoms with Crippen molar-refractivity contribution in [3.05, 3.63) is 0 Å². The Kier molecular flexibility index (Phi) is 4.03. The van der Waals surface area contributed by atoms with Gasteiger partial charge >= 0.3 is 0 Å². The van der Waals surface area contributed by atoms with Crippen LogP contribution in [0.4, 0.5) is 0 Å². The van der Waals surface area contributed by atoms with Crippen molar-refractivity contribution in [3.8, 4) is 0 Å². The average Bonchev–Trinajstić information content (AvgIpc) is 3.24. The summed E-state index contributed by atoms with van der Waals surface area (Å²) in [6.45, 7) is 8.81. The van der Waals surface area contributed by atoms with E-state index in [1.54, 1.807) is 0 Å². The minimum Gasteiger partial charge on any atom is -0.374 e. The van der Waals surface area contributed by atoms with E-state index in [0.717, 1.165) is 49.9 Å². The number of likely N-dealkylation sites (tertiary alicyclic amines) is 2. The molecule has 0 aromatic carbocycles. The van der Waals surface area contributed by atoms with Crippen LogP contribution >= 0.6 is 0 Å². The molecule has 5 atom stereocenters. The largest absolute Gasteiger partial charge is 0.374 e. The molecule has 0 spiro atoms. The van der Waals surface area contributed by atoms with Gasteiger partial charge in [0.2, 0.25) is 0 Å². The van der Waals surface area contributed by atoms with Crippen molar-refractivity contribution >= 4 is 5.96 Å². The molecule has 124 valence electrons. The fourth-order valence-electron chi connectivity index (χ4n) is 4.95. The molecule has 0 radical (unpaired) electrons. The van der Waals surface area contributed by atoms with Crippen LogP contribution in [0.2, 0.25) is 0 Å². The smallest absolute Gasteiger partial charge is 0.193 e. The van der Waals surface area contributed by atoms with Crippen LogP contribution in [0.15, 0.2) is 4.99 Å². The van der Waals surface area contributed by atoms with Gasteiger partial charge in [-0.2, -0.15) is 0 Å². The Morgan fingerprint density at radius 1 is 1.14 bits per heavy atom. The van der Waals surface area contributed by atoms with Crippen molar-refractivity contribution in [1.82, 2.24) is 15.1 Å². The number of nitrogens with one attached hydrogen (secondary N) is 1. The molecule has 0 aliphatic carbocycles. The number of ether oxygens (including phenoxy) is 1. The molecule has 4 aliphatic heterocycles. The number of hydrogen-bond donors (Lipinski definition) is 1. The maximum atomic E-state index is 6.09. The quantitative estimate of drug-likeness (QED) is 0.624. The first-order valence-corrected chi connectivity index (χ1v) is 9.12. The monoisotopic (exact) mass is 306 g/mol. The third kappa shape index (κ3) is 2.62. The summed E-state index contributed by atoms with van der Waals surface area (Å²) >= 11 is 0. The van der Waals surface area contributed by atoms with E-state index in [2.05, 4.69) is 29.1 Å². The highest BCUT2D eigenvalue weighted by Crippen LogP contribution is 2.47. The van der Waals surface area contributed by atoms with E-state index >= 15 is 0 Å². The summed E-state index contributed by atoms with van der Waals surface area (Å²) in [4.78, 5) is 9.90. The van der Waals surface area contributed by atoms with E-state index in [-0.39, 0.29) is 0 Å². The van der Waals surface area contributed by atoms with Gasteiger partial charge in [0.25, 0.3) is 0 Å². The van der Waals surface area contributed by atoms with E-state index < -0.39 is 0 Å². The fourth-order valence-corrected chi connectivity index (χ4v) is 4.95. The molecule has 0 aromatic rings. The van der Waals surface area contributed by atoms with Crippen LogP contribution in [0.25, 0.3) is 0 Å². The highest BCUT2D eigenvalue weighted by molar-refractivity contribution is 5.80. The average molecular weight is 306 g/mol. The van der Waals surface area contributed by atoms with Crippen molar-refractivity contribution in [1.29, 1.82) is 0 Å². The molecular formula is C17H30N4O. The minimum absolute atomic E-state index is 0.534. The normalized spacial score (nSPS) is 41.5. The van der Waals surface area contributed by atoms with Crippen LogP contribution in [-0.4, -0.2) is 74.3 Å². The number of nitrogens with zero attached hydrogens (tertiary/aromatic N) is 3. The van der Waals surface area contributed by atoms with Crippen LogP contribution in [0.5, 0.6) is 0 Å². The molecule has 1 N–H and O–H groups in total. The Morgan fingerprint density at radius 3 is 2.45 bits per heavy atom. The summed E-state index contributed by atoms with van der Waals surface area (Å²) in [7, 11) is 2.21. The summed E-state index contributed by atoms with van der Waals surface area (Å²) in [5.74, 6) is 3.38. The van der Waals surface area contributed by atoms with Gasteiger partial charge in [0, 0.05) is 44.6 Å².